The number of amides is 1. The molecule has 1 fully saturated rings. The molecule has 20 heavy (non-hydrogen) atoms. The summed E-state index contributed by atoms with van der Waals surface area (Å²) in [6.07, 6.45) is 0.482. The van der Waals surface area contributed by atoms with Crippen LogP contribution in [0.1, 0.15) is 18.9 Å². The van der Waals surface area contributed by atoms with Crippen LogP contribution in [0.4, 0.5) is 4.79 Å². The maximum Gasteiger partial charge on any atom is 0.407 e. The molecule has 1 heterocycles. The monoisotopic (exact) mass is 342 g/mol. The fraction of sp³-hybridized carbons (Fsp3) is 0.500. The number of benzene rings is 1. The van der Waals surface area contributed by atoms with Gasteiger partial charge in [-0.25, -0.2) is 4.79 Å². The summed E-state index contributed by atoms with van der Waals surface area (Å²) in [6.45, 7) is 4.70. The van der Waals surface area contributed by atoms with Gasteiger partial charge in [0, 0.05) is 12.1 Å². The molecule has 0 aliphatic carbocycles. The van der Waals surface area contributed by atoms with Gasteiger partial charge in [0.05, 0.1) is 11.0 Å². The molecule has 1 aromatic rings. The van der Waals surface area contributed by atoms with Gasteiger partial charge in [0.15, 0.2) is 6.10 Å². The molecule has 110 valence electrons. The summed E-state index contributed by atoms with van der Waals surface area (Å²) < 4.78 is 11.8. The minimum absolute atomic E-state index is 0.231. The van der Waals surface area contributed by atoms with Crippen molar-refractivity contribution in [3.05, 3.63) is 28.2 Å². The molecule has 1 amide bonds. The summed E-state index contributed by atoms with van der Waals surface area (Å²) in [6, 6.07) is 5.95. The van der Waals surface area contributed by atoms with Gasteiger partial charge in [-0.15, -0.1) is 0 Å². The number of alkyl carbamates (subject to hydrolysis) is 1. The standard InChI is InChI=1S/C14H19BrN2O3/c1-2-6-16-7-10-4-3-5-12(15)13(10)19-9-11-8-17-14(18)20-11/h3-5,11,16H,2,6-9H2,1H3,(H,17,18). The highest BCUT2D eigenvalue weighted by molar-refractivity contribution is 9.10. The van der Waals surface area contributed by atoms with Gasteiger partial charge in [-0.1, -0.05) is 19.1 Å². The first kappa shape index (κ1) is 15.1. The predicted molar refractivity (Wildman–Crippen MR) is 79.9 cm³/mol. The lowest BCUT2D eigenvalue weighted by Crippen LogP contribution is -2.23. The molecule has 1 atom stereocenters. The van der Waals surface area contributed by atoms with Crippen LogP contribution in [0, 0.1) is 0 Å². The molecular formula is C14H19BrN2O3. The van der Waals surface area contributed by atoms with Crippen molar-refractivity contribution in [2.24, 2.45) is 0 Å². The first-order valence-corrected chi connectivity index (χ1v) is 7.55. The molecule has 5 nitrogen and oxygen atoms in total. The summed E-state index contributed by atoms with van der Waals surface area (Å²) in [7, 11) is 0. The first-order valence-electron chi connectivity index (χ1n) is 6.76. The van der Waals surface area contributed by atoms with Gasteiger partial charge in [0.25, 0.3) is 0 Å². The van der Waals surface area contributed by atoms with Crippen LogP contribution < -0.4 is 15.4 Å². The highest BCUT2D eigenvalue weighted by atomic mass is 79.9. The predicted octanol–water partition coefficient (Wildman–Crippen LogP) is 2.44. The average Bonchev–Trinajstić information content (AvgIpc) is 2.84. The van der Waals surface area contributed by atoms with E-state index in [0.717, 1.165) is 35.3 Å². The highest BCUT2D eigenvalue weighted by Gasteiger charge is 2.23. The van der Waals surface area contributed by atoms with E-state index in [-0.39, 0.29) is 12.2 Å². The summed E-state index contributed by atoms with van der Waals surface area (Å²) in [5.74, 6) is 0.805. The molecule has 1 unspecified atom stereocenters. The Bertz CT molecular complexity index is 468. The Morgan fingerprint density at radius 3 is 3.10 bits per heavy atom. The van der Waals surface area contributed by atoms with Gasteiger partial charge in [-0.2, -0.15) is 0 Å². The summed E-state index contributed by atoms with van der Waals surface area (Å²) in [4.78, 5) is 11.0. The van der Waals surface area contributed by atoms with Crippen molar-refractivity contribution in [3.63, 3.8) is 0 Å². The molecule has 0 radical (unpaired) electrons. The lowest BCUT2D eigenvalue weighted by molar-refractivity contribution is 0.104. The van der Waals surface area contributed by atoms with E-state index >= 15 is 0 Å². The van der Waals surface area contributed by atoms with Crippen LogP contribution in [0.3, 0.4) is 0 Å². The SMILES string of the molecule is CCCNCc1cccc(Br)c1OCC1CNC(=O)O1. The lowest BCUT2D eigenvalue weighted by atomic mass is 10.2. The van der Waals surface area contributed by atoms with Crippen LogP contribution in [-0.2, 0) is 11.3 Å². The number of carbonyl (C=O) groups is 1. The van der Waals surface area contributed by atoms with Gasteiger partial charge in [-0.05, 0) is 35.0 Å². The van der Waals surface area contributed by atoms with Crippen LogP contribution in [0.15, 0.2) is 22.7 Å². The van der Waals surface area contributed by atoms with E-state index in [4.69, 9.17) is 9.47 Å². The second-order valence-electron chi connectivity index (χ2n) is 4.62. The minimum atomic E-state index is -0.379. The van der Waals surface area contributed by atoms with E-state index in [1.807, 2.05) is 18.2 Å². The maximum atomic E-state index is 11.0. The Labute approximate surface area is 127 Å². The van der Waals surface area contributed by atoms with Gasteiger partial charge < -0.3 is 20.1 Å². The van der Waals surface area contributed by atoms with Gasteiger partial charge in [-0.3, -0.25) is 0 Å². The van der Waals surface area contributed by atoms with Crippen LogP contribution in [0.5, 0.6) is 5.75 Å². The number of hydrogen-bond acceptors (Lipinski definition) is 4. The Morgan fingerprint density at radius 2 is 2.40 bits per heavy atom. The number of para-hydroxylation sites is 1. The molecule has 0 aromatic heterocycles. The van der Waals surface area contributed by atoms with Crippen molar-refractivity contribution >= 4 is 22.0 Å². The number of hydrogen-bond donors (Lipinski definition) is 2. The summed E-state index contributed by atoms with van der Waals surface area (Å²) in [5.41, 5.74) is 1.09. The third-order valence-corrected chi connectivity index (χ3v) is 3.58. The zero-order chi connectivity index (χ0) is 14.4. The van der Waals surface area contributed by atoms with Crippen molar-refractivity contribution in [2.45, 2.75) is 26.0 Å². The third kappa shape index (κ3) is 4.11. The highest BCUT2D eigenvalue weighted by Crippen LogP contribution is 2.29. The second kappa shape index (κ2) is 7.50. The zero-order valence-electron chi connectivity index (χ0n) is 11.4. The molecule has 1 saturated heterocycles. The van der Waals surface area contributed by atoms with E-state index < -0.39 is 0 Å². The topological polar surface area (TPSA) is 59.6 Å². The van der Waals surface area contributed by atoms with E-state index in [1.54, 1.807) is 0 Å². The summed E-state index contributed by atoms with van der Waals surface area (Å²) >= 11 is 3.50. The Hall–Kier alpha value is -1.27. The average molecular weight is 343 g/mol. The fourth-order valence-corrected chi connectivity index (χ4v) is 2.48. The molecule has 2 N–H and O–H groups in total. The molecule has 0 spiro atoms. The van der Waals surface area contributed by atoms with E-state index in [9.17, 15) is 4.79 Å². The lowest BCUT2D eigenvalue weighted by Gasteiger charge is -2.15. The maximum absolute atomic E-state index is 11.0. The van der Waals surface area contributed by atoms with Gasteiger partial charge >= 0.3 is 6.09 Å². The number of ether oxygens (including phenoxy) is 2. The molecule has 2 rings (SSSR count). The van der Waals surface area contributed by atoms with Crippen LogP contribution in [0.2, 0.25) is 0 Å². The molecule has 6 heteroatoms. The molecule has 0 saturated carbocycles. The van der Waals surface area contributed by atoms with Crippen LogP contribution in [0.25, 0.3) is 0 Å². The molecule has 0 bridgehead atoms. The van der Waals surface area contributed by atoms with Crippen molar-refractivity contribution in [2.75, 3.05) is 19.7 Å². The van der Waals surface area contributed by atoms with Crippen molar-refractivity contribution in [1.29, 1.82) is 0 Å². The van der Waals surface area contributed by atoms with Crippen molar-refractivity contribution in [1.82, 2.24) is 10.6 Å². The fourth-order valence-electron chi connectivity index (χ4n) is 1.96. The van der Waals surface area contributed by atoms with Crippen LogP contribution >= 0.6 is 15.9 Å². The molecular weight excluding hydrogens is 324 g/mol. The number of carbonyl (C=O) groups excluding carboxylic acids is 1. The number of nitrogens with one attached hydrogen (secondary N) is 2. The van der Waals surface area contributed by atoms with Crippen molar-refractivity contribution in [3.8, 4) is 5.75 Å². The molecule has 1 aromatic carbocycles. The molecule has 1 aliphatic rings. The van der Waals surface area contributed by atoms with Crippen LogP contribution in [-0.4, -0.2) is 31.9 Å². The van der Waals surface area contributed by atoms with Gasteiger partial charge in [0.1, 0.15) is 12.4 Å². The first-order chi connectivity index (χ1) is 9.70. The second-order valence-corrected chi connectivity index (χ2v) is 5.48. The molecule has 1 aliphatic heterocycles. The van der Waals surface area contributed by atoms with E-state index in [0.29, 0.717) is 13.2 Å². The smallest absolute Gasteiger partial charge is 0.407 e. The Kier molecular flexibility index (Phi) is 5.67. The van der Waals surface area contributed by atoms with E-state index in [2.05, 4.69) is 33.5 Å². The van der Waals surface area contributed by atoms with Crippen molar-refractivity contribution < 1.29 is 14.3 Å². The minimum Gasteiger partial charge on any atom is -0.488 e. The zero-order valence-corrected chi connectivity index (χ0v) is 13.0. The Balaban J connectivity index is 1.96. The normalized spacial score (nSPS) is 17.7. The van der Waals surface area contributed by atoms with Gasteiger partial charge in [0.2, 0.25) is 0 Å². The third-order valence-electron chi connectivity index (χ3n) is 2.95. The number of rotatable bonds is 7. The largest absolute Gasteiger partial charge is 0.488 e. The number of halogens is 1. The Morgan fingerprint density at radius 1 is 1.55 bits per heavy atom. The van der Waals surface area contributed by atoms with E-state index in [1.165, 1.54) is 0 Å². The quantitative estimate of drug-likeness (QED) is 0.747. The summed E-state index contributed by atoms with van der Waals surface area (Å²) in [5, 5.41) is 5.97. The number of cyclic esters (lactones) is 1.